The predicted molar refractivity (Wildman–Crippen MR) is 84.7 cm³/mol. The average molecular weight is 278 g/mol. The van der Waals surface area contributed by atoms with E-state index >= 15 is 0 Å². The van der Waals surface area contributed by atoms with Crippen LogP contribution in [-0.2, 0) is 0 Å². The number of fused-ring (bicyclic) bond motifs is 1. The van der Waals surface area contributed by atoms with Crippen LogP contribution in [0.2, 0.25) is 0 Å². The molecule has 1 aliphatic rings. The van der Waals surface area contributed by atoms with Gasteiger partial charge in [0.1, 0.15) is 5.82 Å². The molecule has 1 saturated carbocycles. The summed E-state index contributed by atoms with van der Waals surface area (Å²) < 4.78 is 1.93. The van der Waals surface area contributed by atoms with Gasteiger partial charge in [0.15, 0.2) is 0 Å². The summed E-state index contributed by atoms with van der Waals surface area (Å²) >= 11 is 0. The van der Waals surface area contributed by atoms with Gasteiger partial charge in [0, 0.05) is 11.4 Å². The molecule has 0 atom stereocenters. The topological polar surface area (TPSA) is 42.7 Å². The first-order chi connectivity index (χ1) is 10.4. The van der Waals surface area contributed by atoms with Gasteiger partial charge in [-0.05, 0) is 31.0 Å². The van der Waals surface area contributed by atoms with E-state index in [2.05, 4.69) is 33.6 Å². The molecular formula is C17H18N4. The molecular weight excluding hydrogens is 260 g/mol. The molecule has 106 valence electrons. The van der Waals surface area contributed by atoms with Gasteiger partial charge in [-0.25, -0.2) is 9.67 Å². The Morgan fingerprint density at radius 3 is 2.67 bits per heavy atom. The Hall–Kier alpha value is -2.36. The van der Waals surface area contributed by atoms with Crippen LogP contribution in [0.5, 0.6) is 0 Å². The van der Waals surface area contributed by atoms with Crippen LogP contribution in [0, 0.1) is 0 Å². The lowest BCUT2D eigenvalue weighted by Crippen LogP contribution is -2.15. The summed E-state index contributed by atoms with van der Waals surface area (Å²) in [6, 6.07) is 12.9. The minimum Gasteiger partial charge on any atom is -0.367 e. The van der Waals surface area contributed by atoms with E-state index in [4.69, 9.17) is 0 Å². The van der Waals surface area contributed by atoms with Gasteiger partial charge in [0.05, 0.1) is 23.6 Å². The number of pyridine rings is 1. The van der Waals surface area contributed by atoms with Crippen LogP contribution in [0.3, 0.4) is 0 Å². The maximum Gasteiger partial charge on any atom is 0.126 e. The van der Waals surface area contributed by atoms with Crippen LogP contribution in [0.4, 0.5) is 5.82 Å². The van der Waals surface area contributed by atoms with E-state index in [0.29, 0.717) is 6.04 Å². The first-order valence-electron chi connectivity index (χ1n) is 7.56. The van der Waals surface area contributed by atoms with Crippen molar-refractivity contribution >= 4 is 16.7 Å². The Balaban J connectivity index is 1.61. The molecule has 1 N–H and O–H groups in total. The third-order valence-corrected chi connectivity index (χ3v) is 4.18. The van der Waals surface area contributed by atoms with Crippen molar-refractivity contribution in [1.29, 1.82) is 0 Å². The highest BCUT2D eigenvalue weighted by atomic mass is 15.3. The number of nitrogens with one attached hydrogen (secondary N) is 1. The second-order valence-electron chi connectivity index (χ2n) is 5.64. The zero-order valence-corrected chi connectivity index (χ0v) is 11.9. The number of aromatic nitrogens is 3. The van der Waals surface area contributed by atoms with Gasteiger partial charge >= 0.3 is 0 Å². The molecule has 4 heteroatoms. The van der Waals surface area contributed by atoms with Crippen molar-refractivity contribution in [2.75, 3.05) is 5.32 Å². The number of nitrogens with zero attached hydrogens (tertiary/aromatic N) is 3. The van der Waals surface area contributed by atoms with Crippen LogP contribution in [0.25, 0.3) is 16.6 Å². The first kappa shape index (κ1) is 12.4. The van der Waals surface area contributed by atoms with Gasteiger partial charge in [0.2, 0.25) is 0 Å². The third kappa shape index (κ3) is 2.37. The van der Waals surface area contributed by atoms with Crippen LogP contribution in [-0.4, -0.2) is 20.8 Å². The van der Waals surface area contributed by atoms with Gasteiger partial charge in [-0.3, -0.25) is 0 Å². The van der Waals surface area contributed by atoms with E-state index < -0.39 is 0 Å². The summed E-state index contributed by atoms with van der Waals surface area (Å²) in [6.45, 7) is 0. The van der Waals surface area contributed by atoms with Gasteiger partial charge in [-0.15, -0.1) is 0 Å². The van der Waals surface area contributed by atoms with Gasteiger partial charge < -0.3 is 5.32 Å². The molecule has 21 heavy (non-hydrogen) atoms. The van der Waals surface area contributed by atoms with Crippen molar-refractivity contribution in [2.24, 2.45) is 0 Å². The molecule has 1 fully saturated rings. The number of rotatable bonds is 3. The molecule has 4 rings (SSSR count). The monoisotopic (exact) mass is 278 g/mol. The summed E-state index contributed by atoms with van der Waals surface area (Å²) in [5.41, 5.74) is 2.10. The molecule has 2 heterocycles. The molecule has 0 bridgehead atoms. The van der Waals surface area contributed by atoms with E-state index in [-0.39, 0.29) is 0 Å². The Morgan fingerprint density at radius 1 is 1.00 bits per heavy atom. The maximum absolute atomic E-state index is 4.53. The molecule has 1 aromatic carbocycles. The van der Waals surface area contributed by atoms with Crippen molar-refractivity contribution in [2.45, 2.75) is 31.7 Å². The Kier molecular flexibility index (Phi) is 3.07. The second-order valence-corrected chi connectivity index (χ2v) is 5.64. The zero-order chi connectivity index (χ0) is 14.1. The van der Waals surface area contributed by atoms with Gasteiger partial charge in [-0.1, -0.05) is 31.0 Å². The van der Waals surface area contributed by atoms with E-state index in [1.54, 1.807) is 0 Å². The quantitative estimate of drug-likeness (QED) is 0.793. The molecule has 0 saturated heterocycles. The van der Waals surface area contributed by atoms with E-state index in [9.17, 15) is 0 Å². The van der Waals surface area contributed by atoms with Crippen LogP contribution < -0.4 is 5.32 Å². The van der Waals surface area contributed by atoms with Gasteiger partial charge in [-0.2, -0.15) is 5.10 Å². The number of anilines is 1. The molecule has 0 amide bonds. The number of benzene rings is 1. The van der Waals surface area contributed by atoms with Crippen LogP contribution in [0.1, 0.15) is 25.7 Å². The fourth-order valence-electron chi connectivity index (χ4n) is 3.05. The van der Waals surface area contributed by atoms with E-state index in [0.717, 1.165) is 22.4 Å². The lowest BCUT2D eigenvalue weighted by molar-refractivity contribution is 0.750. The first-order valence-corrected chi connectivity index (χ1v) is 7.56. The Bertz CT molecular complexity index is 739. The Labute approximate surface area is 123 Å². The Morgan fingerprint density at radius 2 is 1.86 bits per heavy atom. The highest BCUT2D eigenvalue weighted by Crippen LogP contribution is 2.22. The fraction of sp³-hybridized carbons (Fsp3) is 0.294. The van der Waals surface area contributed by atoms with Crippen molar-refractivity contribution in [3.05, 3.63) is 48.8 Å². The summed E-state index contributed by atoms with van der Waals surface area (Å²) in [6.07, 6.45) is 8.95. The molecule has 0 unspecified atom stereocenters. The molecule has 0 aliphatic heterocycles. The summed E-state index contributed by atoms with van der Waals surface area (Å²) in [7, 11) is 0. The van der Waals surface area contributed by atoms with Crippen molar-refractivity contribution in [3.8, 4) is 5.69 Å². The summed E-state index contributed by atoms with van der Waals surface area (Å²) in [4.78, 5) is 4.53. The van der Waals surface area contributed by atoms with Crippen LogP contribution >= 0.6 is 0 Å². The highest BCUT2D eigenvalue weighted by Gasteiger charge is 2.14. The lowest BCUT2D eigenvalue weighted by atomic mass is 10.2. The molecule has 1 aliphatic carbocycles. The molecule has 0 spiro atoms. The molecule has 4 nitrogen and oxygen atoms in total. The maximum atomic E-state index is 4.53. The predicted octanol–water partition coefficient (Wildman–Crippen LogP) is 3.78. The smallest absolute Gasteiger partial charge is 0.126 e. The zero-order valence-electron chi connectivity index (χ0n) is 11.9. The minimum atomic E-state index is 0.592. The normalized spacial score (nSPS) is 15.6. The van der Waals surface area contributed by atoms with E-state index in [1.807, 2.05) is 35.3 Å². The SMILES string of the molecule is c1ccc2c(c1)cnn2-c1ccc(NC2CCCC2)nc1. The third-order valence-electron chi connectivity index (χ3n) is 4.18. The molecule has 0 radical (unpaired) electrons. The largest absolute Gasteiger partial charge is 0.367 e. The van der Waals surface area contributed by atoms with Crippen molar-refractivity contribution in [1.82, 2.24) is 14.8 Å². The number of hydrogen-bond donors (Lipinski definition) is 1. The van der Waals surface area contributed by atoms with Gasteiger partial charge in [0.25, 0.3) is 0 Å². The van der Waals surface area contributed by atoms with Crippen LogP contribution in [0.15, 0.2) is 48.8 Å². The number of para-hydroxylation sites is 1. The lowest BCUT2D eigenvalue weighted by Gasteiger charge is -2.12. The molecule has 3 aromatic rings. The van der Waals surface area contributed by atoms with Crippen molar-refractivity contribution < 1.29 is 0 Å². The minimum absolute atomic E-state index is 0.592. The number of hydrogen-bond acceptors (Lipinski definition) is 3. The molecule has 2 aromatic heterocycles. The fourth-order valence-corrected chi connectivity index (χ4v) is 3.05. The average Bonchev–Trinajstić information content (AvgIpc) is 3.17. The van der Waals surface area contributed by atoms with Crippen molar-refractivity contribution in [3.63, 3.8) is 0 Å². The van der Waals surface area contributed by atoms with E-state index in [1.165, 1.54) is 25.7 Å². The second kappa shape index (κ2) is 5.20. The summed E-state index contributed by atoms with van der Waals surface area (Å²) in [5, 5.41) is 9.11. The standard InChI is InChI=1S/C17H18N4/c1-4-8-16-13(5-1)11-19-21(16)15-9-10-17(18-12-15)20-14-6-2-3-7-14/h1,4-5,8-12,14H,2-3,6-7H2,(H,18,20). The highest BCUT2D eigenvalue weighted by molar-refractivity contribution is 5.80. The summed E-state index contributed by atoms with van der Waals surface area (Å²) in [5.74, 6) is 0.960.